The lowest BCUT2D eigenvalue weighted by molar-refractivity contribution is -0.120. The van der Waals surface area contributed by atoms with E-state index in [2.05, 4.69) is 24.1 Å². The minimum atomic E-state index is -1.07. The fourth-order valence-electron chi connectivity index (χ4n) is 3.40. The fraction of sp³-hybridized carbons (Fsp3) is 0.562. The zero-order valence-electron chi connectivity index (χ0n) is 13.1. The van der Waals surface area contributed by atoms with Crippen LogP contribution in [-0.4, -0.2) is 41.2 Å². The van der Waals surface area contributed by atoms with Gasteiger partial charge < -0.3 is 15.2 Å². The summed E-state index contributed by atoms with van der Waals surface area (Å²) in [5, 5.41) is 12.0. The highest BCUT2D eigenvalue weighted by Crippen LogP contribution is 2.48. The zero-order chi connectivity index (χ0) is 16.3. The molecule has 6 nitrogen and oxygen atoms in total. The van der Waals surface area contributed by atoms with E-state index in [9.17, 15) is 9.59 Å². The molecule has 0 aliphatic heterocycles. The summed E-state index contributed by atoms with van der Waals surface area (Å²) in [5.74, 6) is -1.41. The summed E-state index contributed by atoms with van der Waals surface area (Å²) in [7, 11) is 1.70. The number of nitrogens with one attached hydrogen (secondary N) is 1. The summed E-state index contributed by atoms with van der Waals surface area (Å²) in [6.07, 6.45) is 4.07. The predicted octanol–water partition coefficient (Wildman–Crippen LogP) is 2.10. The van der Waals surface area contributed by atoms with Gasteiger partial charge in [-0.2, -0.15) is 0 Å². The van der Waals surface area contributed by atoms with Crippen molar-refractivity contribution in [3.63, 3.8) is 0 Å². The van der Waals surface area contributed by atoms with Gasteiger partial charge in [0, 0.05) is 24.8 Å². The molecule has 6 heteroatoms. The van der Waals surface area contributed by atoms with Gasteiger partial charge in [-0.15, -0.1) is 0 Å². The second-order valence-corrected chi connectivity index (χ2v) is 5.66. The van der Waals surface area contributed by atoms with Gasteiger partial charge in [-0.25, -0.2) is 4.79 Å². The lowest BCUT2D eigenvalue weighted by Crippen LogP contribution is -2.64. The summed E-state index contributed by atoms with van der Waals surface area (Å²) in [6, 6.07) is 2.69. The highest BCUT2D eigenvalue weighted by atomic mass is 16.5. The van der Waals surface area contributed by atoms with Gasteiger partial charge in [0.15, 0.2) is 0 Å². The van der Waals surface area contributed by atoms with Gasteiger partial charge in [0.05, 0.1) is 11.7 Å². The van der Waals surface area contributed by atoms with Crippen LogP contribution in [0.3, 0.4) is 0 Å². The molecule has 0 saturated heterocycles. The molecule has 0 aromatic carbocycles. The number of ether oxygens (including phenoxy) is 1. The highest BCUT2D eigenvalue weighted by Gasteiger charge is 2.53. The Morgan fingerprint density at radius 3 is 2.68 bits per heavy atom. The van der Waals surface area contributed by atoms with Crippen molar-refractivity contribution in [1.82, 2.24) is 10.3 Å². The standard InChI is InChI=1S/C16H22N2O4/c1-4-16(5-2)12(9-13(16)22-3)18-14(19)11-8-10(15(20)21)6-7-17-11/h6-8,12-13H,4-5,9H2,1-3H3,(H,18,19)(H,20,21). The van der Waals surface area contributed by atoms with E-state index < -0.39 is 5.97 Å². The number of hydrogen-bond donors (Lipinski definition) is 2. The molecule has 0 spiro atoms. The molecule has 1 aromatic rings. The fourth-order valence-corrected chi connectivity index (χ4v) is 3.40. The molecule has 22 heavy (non-hydrogen) atoms. The topological polar surface area (TPSA) is 88.5 Å². The second kappa shape index (κ2) is 6.44. The monoisotopic (exact) mass is 306 g/mol. The number of nitrogens with zero attached hydrogens (tertiary/aromatic N) is 1. The summed E-state index contributed by atoms with van der Waals surface area (Å²) in [6.45, 7) is 4.19. The first kappa shape index (κ1) is 16.4. The van der Waals surface area contributed by atoms with E-state index in [4.69, 9.17) is 9.84 Å². The number of pyridine rings is 1. The molecule has 1 fully saturated rings. The van der Waals surface area contributed by atoms with Crippen LogP contribution in [0, 0.1) is 5.41 Å². The van der Waals surface area contributed by atoms with Crippen molar-refractivity contribution in [2.45, 2.75) is 45.3 Å². The number of carboxylic acids is 1. The quantitative estimate of drug-likeness (QED) is 0.840. The maximum Gasteiger partial charge on any atom is 0.335 e. The van der Waals surface area contributed by atoms with Gasteiger partial charge >= 0.3 is 5.97 Å². The largest absolute Gasteiger partial charge is 0.478 e. The molecule has 2 N–H and O–H groups in total. The van der Waals surface area contributed by atoms with Crippen molar-refractivity contribution in [3.8, 4) is 0 Å². The zero-order valence-corrected chi connectivity index (χ0v) is 13.1. The number of aromatic nitrogens is 1. The van der Waals surface area contributed by atoms with Gasteiger partial charge in [0.25, 0.3) is 5.91 Å². The molecule has 2 unspecified atom stereocenters. The van der Waals surface area contributed by atoms with Crippen molar-refractivity contribution in [2.75, 3.05) is 7.11 Å². The van der Waals surface area contributed by atoms with Gasteiger partial charge in [0.1, 0.15) is 5.69 Å². The minimum absolute atomic E-state index is 0.0234. The molecule has 0 bridgehead atoms. The maximum atomic E-state index is 12.3. The Balaban J connectivity index is 2.12. The number of methoxy groups -OCH3 is 1. The minimum Gasteiger partial charge on any atom is -0.478 e. The SMILES string of the molecule is CCC1(CC)C(NC(=O)c2cc(C(=O)O)ccn2)CC1OC. The van der Waals surface area contributed by atoms with Crippen LogP contribution in [-0.2, 0) is 4.74 Å². The second-order valence-electron chi connectivity index (χ2n) is 5.66. The maximum absolute atomic E-state index is 12.3. The van der Waals surface area contributed by atoms with E-state index in [1.54, 1.807) is 7.11 Å². The molecule has 1 aromatic heterocycles. The van der Waals surface area contributed by atoms with Crippen molar-refractivity contribution in [1.29, 1.82) is 0 Å². The summed E-state index contributed by atoms with van der Waals surface area (Å²) in [5.41, 5.74) is 0.122. The van der Waals surface area contributed by atoms with Crippen LogP contribution in [0.5, 0.6) is 0 Å². The van der Waals surface area contributed by atoms with Crippen molar-refractivity contribution in [2.24, 2.45) is 5.41 Å². The number of hydrogen-bond acceptors (Lipinski definition) is 4. The number of carboxylic acid groups (broad SMARTS) is 1. The van der Waals surface area contributed by atoms with Crippen LogP contribution >= 0.6 is 0 Å². The molecule has 1 amide bonds. The molecule has 120 valence electrons. The van der Waals surface area contributed by atoms with E-state index in [-0.39, 0.29) is 34.7 Å². The average Bonchev–Trinajstić information content (AvgIpc) is 2.52. The van der Waals surface area contributed by atoms with Crippen molar-refractivity contribution in [3.05, 3.63) is 29.6 Å². The van der Waals surface area contributed by atoms with E-state index >= 15 is 0 Å². The Morgan fingerprint density at radius 1 is 1.45 bits per heavy atom. The van der Waals surface area contributed by atoms with Crippen LogP contribution in [0.15, 0.2) is 18.3 Å². The number of amides is 1. The van der Waals surface area contributed by atoms with Gasteiger partial charge in [-0.05, 0) is 31.4 Å². The molecule has 2 atom stereocenters. The molecular weight excluding hydrogens is 284 g/mol. The lowest BCUT2D eigenvalue weighted by Gasteiger charge is -2.55. The van der Waals surface area contributed by atoms with Crippen LogP contribution in [0.4, 0.5) is 0 Å². The molecule has 2 rings (SSSR count). The normalized spacial score (nSPS) is 22.7. The van der Waals surface area contributed by atoms with E-state index in [1.165, 1.54) is 18.3 Å². The van der Waals surface area contributed by atoms with E-state index in [0.717, 1.165) is 19.3 Å². The van der Waals surface area contributed by atoms with Crippen LogP contribution < -0.4 is 5.32 Å². The van der Waals surface area contributed by atoms with Crippen LogP contribution in [0.2, 0.25) is 0 Å². The average molecular weight is 306 g/mol. The molecule has 1 heterocycles. The summed E-state index contributed by atoms with van der Waals surface area (Å²) in [4.78, 5) is 27.3. The van der Waals surface area contributed by atoms with Crippen LogP contribution in [0.25, 0.3) is 0 Å². The molecular formula is C16H22N2O4. The number of carbonyl (C=O) groups is 2. The molecule has 1 aliphatic rings. The summed E-state index contributed by atoms with van der Waals surface area (Å²) >= 11 is 0. The lowest BCUT2D eigenvalue weighted by atomic mass is 9.58. The highest BCUT2D eigenvalue weighted by molar-refractivity contribution is 5.96. The third-order valence-corrected chi connectivity index (χ3v) is 4.93. The Morgan fingerprint density at radius 2 is 2.14 bits per heavy atom. The smallest absolute Gasteiger partial charge is 0.335 e. The first-order chi connectivity index (χ1) is 10.5. The van der Waals surface area contributed by atoms with Gasteiger partial charge in [0.2, 0.25) is 0 Å². The summed E-state index contributed by atoms with van der Waals surface area (Å²) < 4.78 is 5.51. The molecule has 1 aliphatic carbocycles. The number of carbonyl (C=O) groups excluding carboxylic acids is 1. The van der Waals surface area contributed by atoms with Crippen molar-refractivity contribution < 1.29 is 19.4 Å². The van der Waals surface area contributed by atoms with E-state index in [0.29, 0.717) is 0 Å². The third kappa shape index (κ3) is 2.70. The van der Waals surface area contributed by atoms with Crippen LogP contribution in [0.1, 0.15) is 54.0 Å². The first-order valence-corrected chi connectivity index (χ1v) is 7.51. The molecule has 1 saturated carbocycles. The Hall–Kier alpha value is -1.95. The van der Waals surface area contributed by atoms with Gasteiger partial charge in [-0.3, -0.25) is 9.78 Å². The van der Waals surface area contributed by atoms with Crippen molar-refractivity contribution >= 4 is 11.9 Å². The number of rotatable bonds is 6. The third-order valence-electron chi connectivity index (χ3n) is 4.93. The first-order valence-electron chi connectivity index (χ1n) is 7.51. The Bertz CT molecular complexity index is 569. The molecule has 0 radical (unpaired) electrons. The Labute approximate surface area is 129 Å². The van der Waals surface area contributed by atoms with Gasteiger partial charge in [-0.1, -0.05) is 13.8 Å². The Kier molecular flexibility index (Phi) is 4.81. The number of aromatic carboxylic acids is 1. The predicted molar refractivity (Wildman–Crippen MR) is 80.9 cm³/mol. The van der Waals surface area contributed by atoms with E-state index in [1.807, 2.05) is 0 Å².